The predicted octanol–water partition coefficient (Wildman–Crippen LogP) is 4.51. The van der Waals surface area contributed by atoms with E-state index in [2.05, 4.69) is 15.2 Å². The minimum absolute atomic E-state index is 0.257. The average molecular weight is 433 g/mol. The van der Waals surface area contributed by atoms with Crippen molar-refractivity contribution in [3.63, 3.8) is 0 Å². The van der Waals surface area contributed by atoms with Crippen molar-refractivity contribution in [1.82, 2.24) is 25.3 Å². The maximum atomic E-state index is 13.6. The Balaban J connectivity index is 1.57. The fraction of sp³-hybridized carbons (Fsp3) is 0.440. The van der Waals surface area contributed by atoms with Crippen LogP contribution >= 0.6 is 0 Å². The lowest BCUT2D eigenvalue weighted by molar-refractivity contribution is 0.444. The van der Waals surface area contributed by atoms with Gasteiger partial charge in [0.1, 0.15) is 11.6 Å². The maximum absolute atomic E-state index is 13.6. The molecule has 2 aliphatic heterocycles. The Hall–Kier alpha value is -2.93. The largest absolute Gasteiger partial charge is 0.341 e. The first kappa shape index (κ1) is 20.9. The van der Waals surface area contributed by atoms with Crippen molar-refractivity contribution in [3.05, 3.63) is 54.0 Å². The number of aromatic nitrogens is 4. The van der Waals surface area contributed by atoms with E-state index in [1.807, 2.05) is 19.3 Å². The molecule has 6 nitrogen and oxygen atoms in total. The first-order valence-corrected chi connectivity index (χ1v) is 11.6. The van der Waals surface area contributed by atoms with Crippen molar-refractivity contribution >= 4 is 5.95 Å². The summed E-state index contributed by atoms with van der Waals surface area (Å²) in [5.74, 6) is 1.80. The summed E-state index contributed by atoms with van der Waals surface area (Å²) >= 11 is 0. The smallest absolute Gasteiger partial charge is 0.225 e. The average Bonchev–Trinajstić information content (AvgIpc) is 2.85. The van der Waals surface area contributed by atoms with Crippen LogP contribution in [-0.2, 0) is 0 Å². The second kappa shape index (κ2) is 9.28. The minimum atomic E-state index is -0.257. The van der Waals surface area contributed by atoms with Gasteiger partial charge in [0, 0.05) is 42.5 Å². The fourth-order valence-electron chi connectivity index (χ4n) is 4.66. The molecule has 2 aromatic heterocycles. The predicted molar refractivity (Wildman–Crippen MR) is 124 cm³/mol. The van der Waals surface area contributed by atoms with E-state index < -0.39 is 0 Å². The van der Waals surface area contributed by atoms with E-state index in [9.17, 15) is 4.39 Å². The summed E-state index contributed by atoms with van der Waals surface area (Å²) in [7, 11) is 0. The van der Waals surface area contributed by atoms with Gasteiger partial charge in [0.25, 0.3) is 0 Å². The van der Waals surface area contributed by atoms with Crippen LogP contribution in [0, 0.1) is 12.7 Å². The van der Waals surface area contributed by atoms with Crippen molar-refractivity contribution in [2.24, 2.45) is 0 Å². The number of benzene rings is 1. The Morgan fingerprint density at radius 3 is 2.34 bits per heavy atom. The molecular weight excluding hydrogens is 403 g/mol. The summed E-state index contributed by atoms with van der Waals surface area (Å²) in [5, 5.41) is 3.40. The number of hydrogen-bond acceptors (Lipinski definition) is 6. The molecule has 0 aliphatic carbocycles. The first-order valence-electron chi connectivity index (χ1n) is 11.6. The number of anilines is 1. The van der Waals surface area contributed by atoms with Crippen molar-refractivity contribution in [3.8, 4) is 22.4 Å². The van der Waals surface area contributed by atoms with E-state index in [1.54, 1.807) is 12.1 Å². The number of rotatable bonds is 4. The maximum Gasteiger partial charge on any atom is 0.225 e. The molecule has 0 spiro atoms. The van der Waals surface area contributed by atoms with Crippen LogP contribution in [0.25, 0.3) is 22.4 Å². The minimum Gasteiger partial charge on any atom is -0.341 e. The monoisotopic (exact) mass is 432 g/mol. The number of aryl methyl sites for hydroxylation is 1. The molecule has 3 aromatic rings. The van der Waals surface area contributed by atoms with Crippen molar-refractivity contribution in [1.29, 1.82) is 0 Å². The van der Waals surface area contributed by atoms with E-state index >= 15 is 0 Å². The molecule has 32 heavy (non-hydrogen) atoms. The Morgan fingerprint density at radius 2 is 1.62 bits per heavy atom. The molecule has 5 rings (SSSR count). The summed E-state index contributed by atoms with van der Waals surface area (Å²) in [4.78, 5) is 21.6. The zero-order valence-corrected chi connectivity index (χ0v) is 18.5. The van der Waals surface area contributed by atoms with Crippen molar-refractivity contribution in [2.45, 2.75) is 44.9 Å². The third kappa shape index (κ3) is 4.35. The number of hydrogen-bond donors (Lipinski definition) is 1. The molecular formula is C25H29FN6. The second-order valence-electron chi connectivity index (χ2n) is 8.74. The highest BCUT2D eigenvalue weighted by Gasteiger charge is 2.22. The summed E-state index contributed by atoms with van der Waals surface area (Å²) in [5.41, 5.74) is 4.38. The first-order chi connectivity index (χ1) is 15.7. The standard InChI is InChI=1S/C25H29FN6/c1-17-21(15-28-24(30-17)19-9-11-27-12-10-19)23-22(18-5-7-20(26)8-6-18)16-29-25(31-23)32-13-3-2-4-14-32/h5-8,15-16,19,27H,2-4,9-14H2,1H3. The molecule has 166 valence electrons. The van der Waals surface area contributed by atoms with Crippen LogP contribution in [0.1, 0.15) is 49.5 Å². The van der Waals surface area contributed by atoms with Gasteiger partial charge in [-0.1, -0.05) is 12.1 Å². The molecule has 1 aromatic carbocycles. The van der Waals surface area contributed by atoms with Gasteiger partial charge in [0.2, 0.25) is 5.95 Å². The van der Waals surface area contributed by atoms with E-state index in [1.165, 1.54) is 18.6 Å². The van der Waals surface area contributed by atoms with Crippen LogP contribution in [0.5, 0.6) is 0 Å². The van der Waals surface area contributed by atoms with Crippen molar-refractivity contribution in [2.75, 3.05) is 31.1 Å². The number of halogens is 1. The molecule has 2 aliphatic rings. The van der Waals surface area contributed by atoms with Gasteiger partial charge in [-0.05, 0) is 69.8 Å². The van der Waals surface area contributed by atoms with Gasteiger partial charge in [-0.3, -0.25) is 0 Å². The fourth-order valence-corrected chi connectivity index (χ4v) is 4.66. The zero-order chi connectivity index (χ0) is 21.9. The Labute approximate surface area is 188 Å². The SMILES string of the molecule is Cc1nc(C2CCNCC2)ncc1-c1nc(N2CCCCC2)ncc1-c1ccc(F)cc1. The Morgan fingerprint density at radius 1 is 0.906 bits per heavy atom. The van der Waals surface area contributed by atoms with Gasteiger partial charge in [-0.15, -0.1) is 0 Å². The van der Waals surface area contributed by atoms with Gasteiger partial charge in [-0.2, -0.15) is 0 Å². The molecule has 2 fully saturated rings. The molecule has 2 saturated heterocycles. The van der Waals surface area contributed by atoms with Gasteiger partial charge in [-0.25, -0.2) is 24.3 Å². The quantitative estimate of drug-likeness (QED) is 0.655. The highest BCUT2D eigenvalue weighted by Crippen LogP contribution is 2.34. The molecule has 0 amide bonds. The second-order valence-corrected chi connectivity index (χ2v) is 8.74. The third-order valence-electron chi connectivity index (χ3n) is 6.53. The third-order valence-corrected chi connectivity index (χ3v) is 6.53. The number of nitrogens with zero attached hydrogens (tertiary/aromatic N) is 5. The lowest BCUT2D eigenvalue weighted by atomic mass is 9.96. The van der Waals surface area contributed by atoms with Crippen LogP contribution in [0.15, 0.2) is 36.7 Å². The number of piperidine rings is 2. The molecule has 1 N–H and O–H groups in total. The van der Waals surface area contributed by atoms with Crippen LogP contribution in [-0.4, -0.2) is 46.1 Å². The van der Waals surface area contributed by atoms with E-state index in [0.717, 1.165) is 91.7 Å². The summed E-state index contributed by atoms with van der Waals surface area (Å²) in [6.45, 7) is 5.99. The van der Waals surface area contributed by atoms with Gasteiger partial charge in [0.05, 0.1) is 11.4 Å². The lowest BCUT2D eigenvalue weighted by Gasteiger charge is -2.27. The number of nitrogens with one attached hydrogen (secondary N) is 1. The molecule has 0 radical (unpaired) electrons. The Kier molecular flexibility index (Phi) is 6.08. The Bertz CT molecular complexity index is 1070. The van der Waals surface area contributed by atoms with Crippen LogP contribution in [0.4, 0.5) is 10.3 Å². The van der Waals surface area contributed by atoms with Gasteiger partial charge >= 0.3 is 0 Å². The molecule has 4 heterocycles. The molecule has 0 unspecified atom stereocenters. The summed E-state index contributed by atoms with van der Waals surface area (Å²) < 4.78 is 13.6. The van der Waals surface area contributed by atoms with Crippen LogP contribution < -0.4 is 10.2 Å². The molecule has 0 bridgehead atoms. The van der Waals surface area contributed by atoms with E-state index in [-0.39, 0.29) is 5.82 Å². The molecule has 0 saturated carbocycles. The normalized spacial score (nSPS) is 17.5. The topological polar surface area (TPSA) is 66.8 Å². The van der Waals surface area contributed by atoms with Gasteiger partial charge in [0.15, 0.2) is 0 Å². The van der Waals surface area contributed by atoms with E-state index in [0.29, 0.717) is 5.92 Å². The van der Waals surface area contributed by atoms with Crippen molar-refractivity contribution < 1.29 is 4.39 Å². The molecule has 0 atom stereocenters. The zero-order valence-electron chi connectivity index (χ0n) is 18.5. The van der Waals surface area contributed by atoms with Crippen LogP contribution in [0.3, 0.4) is 0 Å². The molecule has 7 heteroatoms. The highest BCUT2D eigenvalue weighted by molar-refractivity contribution is 5.81. The van der Waals surface area contributed by atoms with Gasteiger partial charge < -0.3 is 10.2 Å². The lowest BCUT2D eigenvalue weighted by Crippen LogP contribution is -2.31. The highest BCUT2D eigenvalue weighted by atomic mass is 19.1. The van der Waals surface area contributed by atoms with Crippen LogP contribution in [0.2, 0.25) is 0 Å². The van der Waals surface area contributed by atoms with E-state index in [4.69, 9.17) is 15.0 Å². The summed E-state index contributed by atoms with van der Waals surface area (Å²) in [6, 6.07) is 6.50. The summed E-state index contributed by atoms with van der Waals surface area (Å²) in [6.07, 6.45) is 9.46.